The van der Waals surface area contributed by atoms with Gasteiger partial charge >= 0.3 is 6.09 Å². The summed E-state index contributed by atoms with van der Waals surface area (Å²) in [7, 11) is 0. The molecular weight excluding hydrogens is 827 g/mol. The smallest absolute Gasteiger partial charge is 0.405 e. The second-order valence-electron chi connectivity index (χ2n) is 20.0. The third kappa shape index (κ3) is 7.00. The number of halogens is 2. The highest BCUT2D eigenvalue weighted by Crippen LogP contribution is 2.59. The first kappa shape index (κ1) is 41.0. The van der Waals surface area contributed by atoms with Gasteiger partial charge in [-0.15, -0.1) is 0 Å². The molecule has 0 radical (unpaired) electrons. The lowest BCUT2D eigenvalue weighted by Gasteiger charge is -2.47. The Hall–Kier alpha value is -5.44. The average Bonchev–Trinajstić information content (AvgIpc) is 3.98. The van der Waals surface area contributed by atoms with E-state index in [0.29, 0.717) is 58.8 Å². The molecule has 12 nitrogen and oxygen atoms in total. The van der Waals surface area contributed by atoms with E-state index >= 15 is 8.78 Å². The van der Waals surface area contributed by atoms with Gasteiger partial charge in [0, 0.05) is 60.4 Å². The fraction of sp³-hybridized carbons (Fsp3) is 0.490. The number of H-pyrrole nitrogens is 2. The number of carbonyl (C=O) groups excluding carboxylic acids is 1. The van der Waals surface area contributed by atoms with Gasteiger partial charge in [0.25, 0.3) is 5.92 Å². The largest absolute Gasteiger partial charge is 0.465 e. The third-order valence-electron chi connectivity index (χ3n) is 16.3. The quantitative estimate of drug-likeness (QED) is 0.124. The molecule has 4 N–H and O–H groups in total. The summed E-state index contributed by atoms with van der Waals surface area (Å²) < 4.78 is 39.2. The molecule has 1 spiro atoms. The molecule has 3 aliphatic heterocycles. The van der Waals surface area contributed by atoms with Crippen molar-refractivity contribution in [3.05, 3.63) is 112 Å². The van der Waals surface area contributed by atoms with Crippen LogP contribution in [-0.2, 0) is 15.5 Å². The SMILES string of the molecule is CC(C(C1=CC=CCC1)N1CCOCC1)N1C2CCC(C2)C1c1nc2ccc(C3C=CC4=C(C3)C(F)(F)c3cc(-c5cnc(C6CC7(CC7)CN6C(=O)CNC(=O)O)[nH]5)ccc34)cc2[nH]1. The van der Waals surface area contributed by atoms with Crippen molar-refractivity contribution < 1.29 is 28.2 Å². The molecule has 5 aliphatic carbocycles. The number of aromatic nitrogens is 4. The van der Waals surface area contributed by atoms with E-state index in [1.54, 1.807) is 23.2 Å². The maximum atomic E-state index is 16.7. The van der Waals surface area contributed by atoms with E-state index in [-0.39, 0.29) is 53.4 Å². The van der Waals surface area contributed by atoms with Gasteiger partial charge in [-0.25, -0.2) is 14.8 Å². The lowest BCUT2D eigenvalue weighted by atomic mass is 9.84. The van der Waals surface area contributed by atoms with Crippen molar-refractivity contribution in [2.45, 2.75) is 107 Å². The van der Waals surface area contributed by atoms with Crippen molar-refractivity contribution in [2.75, 3.05) is 39.4 Å². The Labute approximate surface area is 376 Å². The number of hydrogen-bond donors (Lipinski definition) is 4. The number of aromatic amines is 2. The monoisotopic (exact) mass is 882 g/mol. The number of likely N-dealkylation sites (tertiary alicyclic amines) is 2. The number of rotatable bonds is 10. The first-order valence-electron chi connectivity index (χ1n) is 23.7. The molecule has 8 aliphatic rings. The van der Waals surface area contributed by atoms with Crippen molar-refractivity contribution in [1.82, 2.24) is 40.0 Å². The van der Waals surface area contributed by atoms with Crippen LogP contribution in [0.4, 0.5) is 13.6 Å². The molecule has 2 saturated carbocycles. The maximum absolute atomic E-state index is 16.7. The number of carboxylic acid groups (broad SMARTS) is 1. The lowest BCUT2D eigenvalue weighted by Crippen LogP contribution is -2.56. The standard InChI is InChI=1S/C51H56F2N8O4/c1-29(45(30-5-3-2-4-6-30)59-17-19-65-20-18-59)61-35-11-7-34(21-35)46(61)48-56-40-14-10-32(24-41(40)57-48)31-8-12-36-37-13-9-33(23-39(37)51(52,53)38(36)22-31)42-26-54-47(58-42)43-25-50(15-16-50)28-60(43)44(62)27-55-49(63)64/h2-3,5,8-10,12-14,23-24,26,29,31,34-35,43,45-46,55H,4,6-7,11,15-22,25,27-28H2,1H3,(H,54,58)(H,56,57)(H,63,64). The number of fused-ring (bicyclic) bond motifs is 5. The van der Waals surface area contributed by atoms with E-state index in [2.05, 4.69) is 79.5 Å². The fourth-order valence-corrected chi connectivity index (χ4v) is 13.0. The summed E-state index contributed by atoms with van der Waals surface area (Å²) in [4.78, 5) is 48.3. The molecule has 7 atom stereocenters. The van der Waals surface area contributed by atoms with Gasteiger partial charge in [0.05, 0.1) is 48.2 Å². The maximum Gasteiger partial charge on any atom is 0.405 e. The van der Waals surface area contributed by atoms with Crippen molar-refractivity contribution in [3.63, 3.8) is 0 Å². The number of hydrogen-bond acceptors (Lipinski definition) is 7. The van der Waals surface area contributed by atoms with Crippen LogP contribution in [0.5, 0.6) is 0 Å². The normalized spacial score (nSPS) is 28.5. The minimum Gasteiger partial charge on any atom is -0.465 e. The minimum absolute atomic E-state index is 0.0128. The molecule has 338 valence electrons. The van der Waals surface area contributed by atoms with Crippen LogP contribution in [0, 0.1) is 11.3 Å². The number of nitrogens with one attached hydrogen (secondary N) is 3. The number of carbonyl (C=O) groups is 2. The topological polar surface area (TPSA) is 143 Å². The summed E-state index contributed by atoms with van der Waals surface area (Å²) in [5.74, 6) is -1.55. The molecule has 5 fully saturated rings. The summed E-state index contributed by atoms with van der Waals surface area (Å²) in [6.07, 6.45) is 19.9. The highest BCUT2D eigenvalue weighted by molar-refractivity contribution is 5.88. The third-order valence-corrected chi connectivity index (χ3v) is 16.3. The molecule has 2 bridgehead atoms. The molecule has 65 heavy (non-hydrogen) atoms. The number of alkyl halides is 2. The van der Waals surface area contributed by atoms with Gasteiger partial charge in [-0.3, -0.25) is 14.6 Å². The van der Waals surface area contributed by atoms with E-state index in [9.17, 15) is 9.59 Å². The van der Waals surface area contributed by atoms with Gasteiger partial charge in [0.15, 0.2) is 0 Å². The molecule has 7 unspecified atom stereocenters. The average molecular weight is 883 g/mol. The Morgan fingerprint density at radius 1 is 1.08 bits per heavy atom. The molecule has 5 heterocycles. The molecule has 2 amide bonds. The summed E-state index contributed by atoms with van der Waals surface area (Å²) >= 11 is 0. The van der Waals surface area contributed by atoms with Crippen LogP contribution in [-0.4, -0.2) is 109 Å². The summed E-state index contributed by atoms with van der Waals surface area (Å²) in [6, 6.07) is 12.5. The van der Waals surface area contributed by atoms with Crippen LogP contribution in [0.2, 0.25) is 0 Å². The predicted molar refractivity (Wildman–Crippen MR) is 242 cm³/mol. The molecule has 3 saturated heterocycles. The van der Waals surface area contributed by atoms with Crippen molar-refractivity contribution in [3.8, 4) is 11.3 Å². The number of amides is 2. The summed E-state index contributed by atoms with van der Waals surface area (Å²) in [5, 5.41) is 11.3. The van der Waals surface area contributed by atoms with Crippen molar-refractivity contribution in [1.29, 1.82) is 0 Å². The van der Waals surface area contributed by atoms with Gasteiger partial charge in [-0.05, 0) is 111 Å². The zero-order valence-electron chi connectivity index (χ0n) is 36.7. The highest BCUT2D eigenvalue weighted by atomic mass is 19.3. The van der Waals surface area contributed by atoms with Crippen LogP contribution in [0.1, 0.15) is 111 Å². The number of morpholine rings is 1. The van der Waals surface area contributed by atoms with Crippen LogP contribution in [0.25, 0.3) is 27.9 Å². The number of ether oxygens (including phenoxy) is 1. The number of allylic oxidation sites excluding steroid dienone is 7. The number of nitrogens with zero attached hydrogens (tertiary/aromatic N) is 5. The van der Waals surface area contributed by atoms with E-state index in [1.165, 1.54) is 24.8 Å². The molecule has 2 aromatic heterocycles. The molecule has 12 rings (SSSR count). The van der Waals surface area contributed by atoms with Gasteiger partial charge in [-0.2, -0.15) is 8.78 Å². The van der Waals surface area contributed by atoms with Gasteiger partial charge in [0.2, 0.25) is 5.91 Å². The Bertz CT molecular complexity index is 2710. The first-order chi connectivity index (χ1) is 31.5. The van der Waals surface area contributed by atoms with Crippen molar-refractivity contribution in [2.24, 2.45) is 11.3 Å². The van der Waals surface area contributed by atoms with Crippen LogP contribution < -0.4 is 5.32 Å². The highest BCUT2D eigenvalue weighted by Gasteiger charge is 2.55. The van der Waals surface area contributed by atoms with Crippen molar-refractivity contribution >= 4 is 28.6 Å². The van der Waals surface area contributed by atoms with Gasteiger partial charge < -0.3 is 30.0 Å². The number of imidazole rings is 2. The zero-order valence-corrected chi connectivity index (χ0v) is 36.7. The Kier molecular flexibility index (Phi) is 9.84. The zero-order chi connectivity index (χ0) is 44.2. The van der Waals surface area contributed by atoms with Crippen LogP contribution >= 0.6 is 0 Å². The Morgan fingerprint density at radius 3 is 2.74 bits per heavy atom. The van der Waals surface area contributed by atoms with Gasteiger partial charge in [-0.1, -0.05) is 54.2 Å². The second kappa shape index (κ2) is 15.6. The fourth-order valence-electron chi connectivity index (χ4n) is 13.0. The number of benzene rings is 2. The molecule has 4 aromatic rings. The second-order valence-corrected chi connectivity index (χ2v) is 20.0. The Balaban J connectivity index is 0.772. The van der Waals surface area contributed by atoms with Crippen LogP contribution in [0.3, 0.4) is 0 Å². The minimum atomic E-state index is -3.16. The van der Waals surface area contributed by atoms with E-state index < -0.39 is 12.0 Å². The van der Waals surface area contributed by atoms with E-state index in [1.807, 2.05) is 12.1 Å². The number of piperidine rings is 1. The lowest BCUT2D eigenvalue weighted by molar-refractivity contribution is -0.131. The summed E-state index contributed by atoms with van der Waals surface area (Å²) in [5.41, 5.74) is 6.85. The van der Waals surface area contributed by atoms with Crippen LogP contribution in [0.15, 0.2) is 84.1 Å². The predicted octanol–water partition coefficient (Wildman–Crippen LogP) is 8.77. The first-order valence-corrected chi connectivity index (χ1v) is 23.7. The van der Waals surface area contributed by atoms with Gasteiger partial charge in [0.1, 0.15) is 18.2 Å². The molecule has 2 aromatic carbocycles. The molecular formula is C51H56F2N8O4. The van der Waals surface area contributed by atoms with E-state index in [4.69, 9.17) is 14.8 Å². The summed E-state index contributed by atoms with van der Waals surface area (Å²) in [6.45, 7) is 6.10. The molecule has 14 heteroatoms. The Morgan fingerprint density at radius 2 is 1.94 bits per heavy atom. The van der Waals surface area contributed by atoms with E-state index in [0.717, 1.165) is 80.8 Å².